The number of hydrogen-bond acceptors (Lipinski definition) is 3. The van der Waals surface area contributed by atoms with Gasteiger partial charge in [0.1, 0.15) is 0 Å². The third kappa shape index (κ3) is 5.23. The summed E-state index contributed by atoms with van der Waals surface area (Å²) in [7, 11) is 0. The first-order valence-corrected chi connectivity index (χ1v) is 9.03. The number of nitrogens with zero attached hydrogens (tertiary/aromatic N) is 2. The summed E-state index contributed by atoms with van der Waals surface area (Å²) < 4.78 is 0. The molecule has 138 valence electrons. The molecule has 1 heterocycles. The van der Waals surface area contributed by atoms with Gasteiger partial charge < -0.3 is 15.1 Å². The molecule has 1 aliphatic carbocycles. The molecule has 5 nitrogen and oxygen atoms in total. The van der Waals surface area contributed by atoms with Gasteiger partial charge in [0.15, 0.2) is 0 Å². The third-order valence-electron chi connectivity index (χ3n) is 4.50. The SMILES string of the molecule is Cl.O=C(CNCC1CC1)N1CCN(C(=O)c2c(Cl)cccc2Cl)CC1. The van der Waals surface area contributed by atoms with E-state index in [0.717, 1.165) is 12.5 Å². The Labute approximate surface area is 164 Å². The van der Waals surface area contributed by atoms with Gasteiger partial charge in [-0.25, -0.2) is 0 Å². The zero-order valence-electron chi connectivity index (χ0n) is 13.8. The molecule has 0 radical (unpaired) electrons. The van der Waals surface area contributed by atoms with Crippen LogP contribution in [0.3, 0.4) is 0 Å². The van der Waals surface area contributed by atoms with Crippen LogP contribution in [0.5, 0.6) is 0 Å². The van der Waals surface area contributed by atoms with E-state index >= 15 is 0 Å². The highest BCUT2D eigenvalue weighted by molar-refractivity contribution is 6.39. The number of halogens is 3. The van der Waals surface area contributed by atoms with Gasteiger partial charge in [-0.15, -0.1) is 12.4 Å². The van der Waals surface area contributed by atoms with Crippen LogP contribution in [0.1, 0.15) is 23.2 Å². The fraction of sp³-hybridized carbons (Fsp3) is 0.529. The van der Waals surface area contributed by atoms with E-state index < -0.39 is 0 Å². The molecular weight excluding hydrogens is 385 g/mol. The van der Waals surface area contributed by atoms with E-state index in [1.807, 2.05) is 0 Å². The third-order valence-corrected chi connectivity index (χ3v) is 5.13. The average Bonchev–Trinajstić information content (AvgIpc) is 3.39. The van der Waals surface area contributed by atoms with E-state index in [-0.39, 0.29) is 24.2 Å². The Morgan fingerprint density at radius 3 is 2.16 bits per heavy atom. The highest BCUT2D eigenvalue weighted by atomic mass is 35.5. The first-order chi connectivity index (χ1) is 11.6. The lowest BCUT2D eigenvalue weighted by atomic mass is 10.1. The largest absolute Gasteiger partial charge is 0.338 e. The summed E-state index contributed by atoms with van der Waals surface area (Å²) in [6.07, 6.45) is 2.54. The van der Waals surface area contributed by atoms with Gasteiger partial charge in [-0.3, -0.25) is 9.59 Å². The van der Waals surface area contributed by atoms with Gasteiger partial charge in [-0.05, 0) is 37.4 Å². The molecule has 1 aromatic rings. The summed E-state index contributed by atoms with van der Waals surface area (Å²) in [6.45, 7) is 3.37. The molecular formula is C17H22Cl3N3O2. The maximum atomic E-state index is 12.6. The fourth-order valence-corrected chi connectivity index (χ4v) is 3.40. The Morgan fingerprint density at radius 1 is 1.04 bits per heavy atom. The van der Waals surface area contributed by atoms with Gasteiger partial charge in [0.25, 0.3) is 5.91 Å². The van der Waals surface area contributed by atoms with Crippen LogP contribution >= 0.6 is 35.6 Å². The normalized spacial score (nSPS) is 17.2. The predicted octanol–water partition coefficient (Wildman–Crippen LogP) is 2.70. The quantitative estimate of drug-likeness (QED) is 0.818. The summed E-state index contributed by atoms with van der Waals surface area (Å²) in [5, 5.41) is 3.93. The molecule has 0 spiro atoms. The summed E-state index contributed by atoms with van der Waals surface area (Å²) in [5.74, 6) is 0.677. The van der Waals surface area contributed by atoms with Crippen molar-refractivity contribution in [3.63, 3.8) is 0 Å². The monoisotopic (exact) mass is 405 g/mol. The average molecular weight is 407 g/mol. The zero-order valence-corrected chi connectivity index (χ0v) is 16.2. The van der Waals surface area contributed by atoms with Crippen molar-refractivity contribution < 1.29 is 9.59 Å². The van der Waals surface area contributed by atoms with Crippen LogP contribution in [-0.2, 0) is 4.79 Å². The van der Waals surface area contributed by atoms with Crippen LogP contribution in [0.4, 0.5) is 0 Å². The minimum atomic E-state index is -0.176. The lowest BCUT2D eigenvalue weighted by Gasteiger charge is -2.35. The lowest BCUT2D eigenvalue weighted by molar-refractivity contribution is -0.131. The smallest absolute Gasteiger partial charge is 0.257 e. The molecule has 0 bridgehead atoms. The molecule has 1 saturated heterocycles. The first kappa shape index (κ1) is 20.3. The van der Waals surface area contributed by atoms with Crippen LogP contribution in [0.2, 0.25) is 10.0 Å². The Morgan fingerprint density at radius 2 is 1.60 bits per heavy atom. The van der Waals surface area contributed by atoms with E-state index in [9.17, 15) is 9.59 Å². The van der Waals surface area contributed by atoms with Crippen LogP contribution in [0, 0.1) is 5.92 Å². The molecule has 1 aliphatic heterocycles. The molecule has 1 saturated carbocycles. The van der Waals surface area contributed by atoms with Gasteiger partial charge in [0.2, 0.25) is 5.91 Å². The second-order valence-corrected chi connectivity index (χ2v) is 7.16. The van der Waals surface area contributed by atoms with Crippen molar-refractivity contribution in [1.82, 2.24) is 15.1 Å². The molecule has 8 heteroatoms. The van der Waals surface area contributed by atoms with Crippen LogP contribution in [0.15, 0.2) is 18.2 Å². The number of rotatable bonds is 5. The van der Waals surface area contributed by atoms with Crippen molar-refractivity contribution in [2.75, 3.05) is 39.3 Å². The van der Waals surface area contributed by atoms with Gasteiger partial charge in [-0.2, -0.15) is 0 Å². The van der Waals surface area contributed by atoms with Crippen LogP contribution < -0.4 is 5.32 Å². The maximum Gasteiger partial charge on any atom is 0.257 e. The molecule has 0 unspecified atom stereocenters. The van der Waals surface area contributed by atoms with Crippen LogP contribution in [0.25, 0.3) is 0 Å². The lowest BCUT2D eigenvalue weighted by Crippen LogP contribution is -2.52. The van der Waals surface area contributed by atoms with E-state index in [4.69, 9.17) is 23.2 Å². The van der Waals surface area contributed by atoms with E-state index in [1.54, 1.807) is 28.0 Å². The van der Waals surface area contributed by atoms with Crippen LogP contribution in [-0.4, -0.2) is 60.9 Å². The molecule has 3 rings (SSSR count). The van der Waals surface area contributed by atoms with Crippen molar-refractivity contribution in [3.8, 4) is 0 Å². The molecule has 25 heavy (non-hydrogen) atoms. The fourth-order valence-electron chi connectivity index (χ4n) is 2.84. The number of carbonyl (C=O) groups excluding carboxylic acids is 2. The Bertz CT molecular complexity index is 609. The summed E-state index contributed by atoms with van der Waals surface area (Å²) in [4.78, 5) is 28.3. The topological polar surface area (TPSA) is 52.7 Å². The summed E-state index contributed by atoms with van der Waals surface area (Å²) in [6, 6.07) is 5.03. The van der Waals surface area contributed by atoms with Crippen molar-refractivity contribution in [1.29, 1.82) is 0 Å². The minimum Gasteiger partial charge on any atom is -0.338 e. The molecule has 2 amide bonds. The highest BCUT2D eigenvalue weighted by Crippen LogP contribution is 2.27. The number of carbonyl (C=O) groups is 2. The highest BCUT2D eigenvalue weighted by Gasteiger charge is 2.27. The van der Waals surface area contributed by atoms with Crippen molar-refractivity contribution in [2.24, 2.45) is 5.92 Å². The van der Waals surface area contributed by atoms with Gasteiger partial charge in [0.05, 0.1) is 22.2 Å². The molecule has 0 aromatic heterocycles. The number of amides is 2. The van der Waals surface area contributed by atoms with Crippen molar-refractivity contribution in [2.45, 2.75) is 12.8 Å². The second kappa shape index (κ2) is 9.08. The van der Waals surface area contributed by atoms with Gasteiger partial charge >= 0.3 is 0 Å². The number of nitrogens with one attached hydrogen (secondary N) is 1. The minimum absolute atomic E-state index is 0. The Kier molecular flexibility index (Phi) is 7.37. The van der Waals surface area contributed by atoms with E-state index in [2.05, 4.69) is 5.32 Å². The molecule has 2 fully saturated rings. The number of hydrogen-bond donors (Lipinski definition) is 1. The molecule has 0 atom stereocenters. The van der Waals surface area contributed by atoms with E-state index in [1.165, 1.54) is 12.8 Å². The molecule has 2 aliphatic rings. The molecule has 1 aromatic carbocycles. The standard InChI is InChI=1S/C17H21Cl2N3O2.ClH/c18-13-2-1-3-14(19)16(13)17(24)22-8-6-21(7-9-22)15(23)11-20-10-12-4-5-12;/h1-3,12,20H,4-11H2;1H. The Hall–Kier alpha value is -1.01. The second-order valence-electron chi connectivity index (χ2n) is 6.34. The summed E-state index contributed by atoms with van der Waals surface area (Å²) >= 11 is 12.2. The van der Waals surface area contributed by atoms with E-state index in [0.29, 0.717) is 48.3 Å². The zero-order chi connectivity index (χ0) is 17.1. The Balaban J connectivity index is 0.00000225. The van der Waals surface area contributed by atoms with Crippen molar-refractivity contribution in [3.05, 3.63) is 33.8 Å². The van der Waals surface area contributed by atoms with Crippen molar-refractivity contribution >= 4 is 47.4 Å². The first-order valence-electron chi connectivity index (χ1n) is 8.28. The van der Waals surface area contributed by atoms with Gasteiger partial charge in [0, 0.05) is 26.2 Å². The predicted molar refractivity (Wildman–Crippen MR) is 102 cm³/mol. The molecule has 1 N–H and O–H groups in total. The summed E-state index contributed by atoms with van der Waals surface area (Å²) in [5.41, 5.74) is 0.340. The number of piperazine rings is 1. The maximum absolute atomic E-state index is 12.6. The number of benzene rings is 1. The van der Waals surface area contributed by atoms with Gasteiger partial charge in [-0.1, -0.05) is 29.3 Å².